The molecule has 1 saturated heterocycles. The molecule has 0 bridgehead atoms. The van der Waals surface area contributed by atoms with Crippen LogP contribution in [-0.4, -0.2) is 54.6 Å². The topological polar surface area (TPSA) is 87.5 Å². The van der Waals surface area contributed by atoms with Crippen LogP contribution in [0.4, 0.5) is 11.4 Å². The molecule has 4 rings (SSSR count). The van der Waals surface area contributed by atoms with Gasteiger partial charge in [0.15, 0.2) is 0 Å². The molecule has 1 amide bonds. The summed E-state index contributed by atoms with van der Waals surface area (Å²) in [5.74, 6) is -0.281. The van der Waals surface area contributed by atoms with E-state index in [9.17, 15) is 13.2 Å². The van der Waals surface area contributed by atoms with Gasteiger partial charge in [0.1, 0.15) is 0 Å². The number of benzene rings is 2. The first-order valence-electron chi connectivity index (χ1n) is 12.2. The highest BCUT2D eigenvalue weighted by Crippen LogP contribution is 2.31. The van der Waals surface area contributed by atoms with E-state index >= 15 is 0 Å². The Bertz CT molecular complexity index is 1230. The summed E-state index contributed by atoms with van der Waals surface area (Å²) in [6.45, 7) is 7.23. The third-order valence-electron chi connectivity index (χ3n) is 6.39. The molecule has 1 aliphatic rings. The summed E-state index contributed by atoms with van der Waals surface area (Å²) in [7, 11) is -3.62. The zero-order valence-corrected chi connectivity index (χ0v) is 21.2. The second kappa shape index (κ2) is 11.0. The number of hydrogen-bond acceptors (Lipinski definition) is 5. The maximum absolute atomic E-state index is 13.3. The molecule has 0 unspecified atom stereocenters. The second-order valence-corrected chi connectivity index (χ2v) is 10.6. The molecule has 9 heteroatoms. The number of carbonyl (C=O) groups excluding carboxylic acids is 1. The second-order valence-electron chi connectivity index (χ2n) is 8.67. The van der Waals surface area contributed by atoms with Gasteiger partial charge in [-0.05, 0) is 68.7 Å². The van der Waals surface area contributed by atoms with Crippen molar-refractivity contribution >= 4 is 27.3 Å². The SMILES string of the molecule is CCN(CC)c1ccc(S(=O)(=O)N2CCCCC2)cc1NC(=O)c1ccc(Cn2cccn2)cc1. The number of anilines is 2. The molecule has 186 valence electrons. The number of rotatable bonds is 9. The normalized spacial score (nSPS) is 14.6. The fraction of sp³-hybridized carbons (Fsp3) is 0.385. The largest absolute Gasteiger partial charge is 0.370 e. The van der Waals surface area contributed by atoms with Crippen molar-refractivity contribution in [2.45, 2.75) is 44.6 Å². The molecule has 1 N–H and O–H groups in total. The smallest absolute Gasteiger partial charge is 0.255 e. The number of sulfonamides is 1. The van der Waals surface area contributed by atoms with Crippen molar-refractivity contribution in [3.63, 3.8) is 0 Å². The van der Waals surface area contributed by atoms with Crippen LogP contribution in [-0.2, 0) is 16.6 Å². The average Bonchev–Trinajstić information content (AvgIpc) is 3.39. The lowest BCUT2D eigenvalue weighted by Gasteiger charge is -2.28. The van der Waals surface area contributed by atoms with E-state index in [1.807, 2.05) is 42.9 Å². The maximum atomic E-state index is 13.3. The maximum Gasteiger partial charge on any atom is 0.255 e. The summed E-state index contributed by atoms with van der Waals surface area (Å²) in [5.41, 5.74) is 2.83. The van der Waals surface area contributed by atoms with Crippen molar-refractivity contribution in [3.8, 4) is 0 Å². The molecule has 35 heavy (non-hydrogen) atoms. The van der Waals surface area contributed by atoms with E-state index in [-0.39, 0.29) is 10.8 Å². The quantitative estimate of drug-likeness (QED) is 0.481. The van der Waals surface area contributed by atoms with Crippen molar-refractivity contribution in [2.24, 2.45) is 0 Å². The van der Waals surface area contributed by atoms with Crippen LogP contribution in [0.5, 0.6) is 0 Å². The van der Waals surface area contributed by atoms with Crippen LogP contribution in [0.25, 0.3) is 0 Å². The molecule has 3 aromatic rings. The van der Waals surface area contributed by atoms with E-state index in [0.29, 0.717) is 30.9 Å². The number of amides is 1. The van der Waals surface area contributed by atoms with Crippen LogP contribution >= 0.6 is 0 Å². The Kier molecular flexibility index (Phi) is 7.87. The molecule has 2 aromatic carbocycles. The van der Waals surface area contributed by atoms with Crippen molar-refractivity contribution in [1.82, 2.24) is 14.1 Å². The van der Waals surface area contributed by atoms with Crippen LogP contribution in [0.15, 0.2) is 65.8 Å². The van der Waals surface area contributed by atoms with Gasteiger partial charge in [0.05, 0.1) is 22.8 Å². The zero-order chi connectivity index (χ0) is 24.8. The highest BCUT2D eigenvalue weighted by atomic mass is 32.2. The lowest BCUT2D eigenvalue weighted by atomic mass is 10.1. The van der Waals surface area contributed by atoms with Gasteiger partial charge in [0.25, 0.3) is 5.91 Å². The third-order valence-corrected chi connectivity index (χ3v) is 8.29. The molecule has 0 aliphatic carbocycles. The molecule has 0 saturated carbocycles. The Morgan fingerprint density at radius 3 is 2.37 bits per heavy atom. The van der Waals surface area contributed by atoms with Crippen LogP contribution in [0.2, 0.25) is 0 Å². The van der Waals surface area contributed by atoms with Crippen molar-refractivity contribution in [2.75, 3.05) is 36.4 Å². The van der Waals surface area contributed by atoms with E-state index in [1.165, 1.54) is 0 Å². The summed E-state index contributed by atoms with van der Waals surface area (Å²) >= 11 is 0. The summed E-state index contributed by atoms with van der Waals surface area (Å²) in [4.78, 5) is 15.5. The Morgan fingerprint density at radius 2 is 1.74 bits per heavy atom. The van der Waals surface area contributed by atoms with Gasteiger partial charge in [-0.2, -0.15) is 9.40 Å². The molecule has 0 spiro atoms. The summed E-state index contributed by atoms with van der Waals surface area (Å²) in [6.07, 6.45) is 6.41. The predicted molar refractivity (Wildman–Crippen MR) is 138 cm³/mol. The first-order chi connectivity index (χ1) is 16.9. The van der Waals surface area contributed by atoms with Gasteiger partial charge >= 0.3 is 0 Å². The molecular weight excluding hydrogens is 462 g/mol. The number of hydrogen-bond donors (Lipinski definition) is 1. The van der Waals surface area contributed by atoms with E-state index in [0.717, 1.165) is 43.6 Å². The third kappa shape index (κ3) is 5.74. The number of piperidine rings is 1. The minimum atomic E-state index is -3.62. The van der Waals surface area contributed by atoms with E-state index in [1.54, 1.807) is 40.8 Å². The van der Waals surface area contributed by atoms with E-state index < -0.39 is 10.0 Å². The summed E-state index contributed by atoms with van der Waals surface area (Å²) in [6, 6.07) is 14.3. The highest BCUT2D eigenvalue weighted by Gasteiger charge is 2.27. The molecule has 1 aromatic heterocycles. The van der Waals surface area contributed by atoms with Crippen LogP contribution in [0.3, 0.4) is 0 Å². The number of carbonyl (C=O) groups is 1. The molecule has 1 aliphatic heterocycles. The van der Waals surface area contributed by atoms with Gasteiger partial charge in [-0.15, -0.1) is 0 Å². The lowest BCUT2D eigenvalue weighted by molar-refractivity contribution is 0.102. The minimum absolute atomic E-state index is 0.208. The molecule has 8 nitrogen and oxygen atoms in total. The number of nitrogens with one attached hydrogen (secondary N) is 1. The molecule has 1 fully saturated rings. The Balaban J connectivity index is 1.59. The molecule has 2 heterocycles. The summed E-state index contributed by atoms with van der Waals surface area (Å²) in [5, 5.41) is 7.18. The Morgan fingerprint density at radius 1 is 1.03 bits per heavy atom. The fourth-order valence-corrected chi connectivity index (χ4v) is 5.95. The van der Waals surface area contributed by atoms with Crippen molar-refractivity contribution < 1.29 is 13.2 Å². The minimum Gasteiger partial charge on any atom is -0.370 e. The van der Waals surface area contributed by atoms with Gasteiger partial charge < -0.3 is 10.2 Å². The van der Waals surface area contributed by atoms with Crippen molar-refractivity contribution in [1.29, 1.82) is 0 Å². The van der Waals surface area contributed by atoms with Crippen LogP contribution in [0.1, 0.15) is 49.0 Å². The average molecular weight is 496 g/mol. The van der Waals surface area contributed by atoms with Crippen molar-refractivity contribution in [3.05, 3.63) is 72.1 Å². The number of nitrogens with zero attached hydrogens (tertiary/aromatic N) is 4. The first kappa shape index (κ1) is 24.9. The molecule has 0 radical (unpaired) electrons. The van der Waals surface area contributed by atoms with E-state index in [2.05, 4.69) is 15.3 Å². The lowest BCUT2D eigenvalue weighted by Crippen LogP contribution is -2.35. The van der Waals surface area contributed by atoms with E-state index in [4.69, 9.17) is 0 Å². The first-order valence-corrected chi connectivity index (χ1v) is 13.6. The highest BCUT2D eigenvalue weighted by molar-refractivity contribution is 7.89. The Labute approximate surface area is 207 Å². The number of aromatic nitrogens is 2. The monoisotopic (exact) mass is 495 g/mol. The fourth-order valence-electron chi connectivity index (χ4n) is 4.41. The predicted octanol–water partition coefficient (Wildman–Crippen LogP) is 4.20. The molecular formula is C26H33N5O3S. The molecule has 0 atom stereocenters. The summed E-state index contributed by atoms with van der Waals surface area (Å²) < 4.78 is 29.9. The van der Waals surface area contributed by atoms with Gasteiger partial charge in [-0.1, -0.05) is 18.6 Å². The van der Waals surface area contributed by atoms with Gasteiger partial charge in [0.2, 0.25) is 10.0 Å². The zero-order valence-electron chi connectivity index (χ0n) is 20.4. The van der Waals surface area contributed by atoms with Crippen LogP contribution < -0.4 is 10.2 Å². The van der Waals surface area contributed by atoms with Gasteiger partial charge in [-0.3, -0.25) is 9.48 Å². The van der Waals surface area contributed by atoms with Crippen LogP contribution in [0, 0.1) is 0 Å². The van der Waals surface area contributed by atoms with Gasteiger partial charge in [-0.25, -0.2) is 8.42 Å². The standard InChI is InChI=1S/C26H33N5O3S/c1-3-29(4-2)25-14-13-23(35(33,34)31-17-6-5-7-18-31)19-24(25)28-26(32)22-11-9-21(10-12-22)20-30-16-8-15-27-30/h8-16,19H,3-7,17-18,20H2,1-2H3,(H,28,32). The van der Waals surface area contributed by atoms with Gasteiger partial charge in [0, 0.05) is 44.1 Å². The Hall–Kier alpha value is -3.17.